The van der Waals surface area contributed by atoms with Crippen molar-refractivity contribution < 1.29 is 23.2 Å². The summed E-state index contributed by atoms with van der Waals surface area (Å²) in [6.07, 6.45) is 0. The second-order valence-corrected chi connectivity index (χ2v) is 5.79. The average Bonchev–Trinajstić information content (AvgIpc) is 1.98. The Hall–Kier alpha value is -0.660. The molecule has 1 unspecified atom stereocenters. The van der Waals surface area contributed by atoms with Crippen molar-refractivity contribution >= 4 is 16.0 Å². The van der Waals surface area contributed by atoms with Gasteiger partial charge in [-0.25, -0.2) is 8.42 Å². The Morgan fingerprint density at radius 2 is 1.86 bits per heavy atom. The molecular weight excluding hydrogens is 210 g/mol. The van der Waals surface area contributed by atoms with Gasteiger partial charge in [0.1, 0.15) is 0 Å². The zero-order chi connectivity index (χ0) is 11.6. The molecule has 0 rings (SSSR count). The molecule has 0 saturated heterocycles. The van der Waals surface area contributed by atoms with Gasteiger partial charge in [-0.2, -0.15) is 0 Å². The Morgan fingerprint density at radius 1 is 1.43 bits per heavy atom. The van der Waals surface area contributed by atoms with Crippen LogP contribution in [0.5, 0.6) is 0 Å². The third-order valence-corrected chi connectivity index (χ3v) is 2.73. The van der Waals surface area contributed by atoms with Gasteiger partial charge >= 0.3 is 5.97 Å². The average molecular weight is 225 g/mol. The summed E-state index contributed by atoms with van der Waals surface area (Å²) in [6.45, 7) is 5.99. The molecule has 1 atom stereocenters. The van der Waals surface area contributed by atoms with Crippen molar-refractivity contribution in [3.63, 3.8) is 0 Å². The number of carbonyl (C=O) groups is 1. The molecular formula is C7H15NO5S. The van der Waals surface area contributed by atoms with Crippen LogP contribution in [0.15, 0.2) is 0 Å². The molecule has 84 valence electrons. The van der Waals surface area contributed by atoms with E-state index in [0.29, 0.717) is 0 Å². The van der Waals surface area contributed by atoms with Gasteiger partial charge in [0.2, 0.25) is 10.0 Å². The third kappa shape index (κ3) is 4.54. The first-order chi connectivity index (χ1) is 6.06. The predicted molar refractivity (Wildman–Crippen MR) is 50.0 cm³/mol. The minimum absolute atomic E-state index is 0.703. The fourth-order valence-electron chi connectivity index (χ4n) is 0.388. The molecule has 0 fully saturated rings. The smallest absolute Gasteiger partial charge is 0.323 e. The van der Waals surface area contributed by atoms with Crippen LogP contribution in [-0.4, -0.2) is 30.3 Å². The first kappa shape index (κ1) is 13.3. The van der Waals surface area contributed by atoms with Crippen molar-refractivity contribution in [1.82, 2.24) is 4.89 Å². The number of hydrogen-bond acceptors (Lipinski definition) is 4. The summed E-state index contributed by atoms with van der Waals surface area (Å²) in [7, 11) is -3.96. The van der Waals surface area contributed by atoms with Crippen molar-refractivity contribution in [2.75, 3.05) is 0 Å². The van der Waals surface area contributed by atoms with Crippen LogP contribution in [0.1, 0.15) is 27.7 Å². The molecule has 0 aromatic carbocycles. The van der Waals surface area contributed by atoms with E-state index in [-0.39, 0.29) is 0 Å². The monoisotopic (exact) mass is 225 g/mol. The number of hydrogen-bond donors (Lipinski definition) is 2. The third-order valence-electron chi connectivity index (χ3n) is 1.28. The summed E-state index contributed by atoms with van der Waals surface area (Å²) in [5.74, 6) is -1.42. The van der Waals surface area contributed by atoms with Gasteiger partial charge < -0.3 is 5.11 Å². The van der Waals surface area contributed by atoms with Crippen LogP contribution in [-0.2, 0) is 19.7 Å². The highest BCUT2D eigenvalue weighted by molar-refractivity contribution is 7.90. The lowest BCUT2D eigenvalue weighted by Gasteiger charge is -2.20. The minimum Gasteiger partial charge on any atom is -0.480 e. The molecule has 0 bridgehead atoms. The van der Waals surface area contributed by atoms with Crippen LogP contribution in [0, 0.1) is 0 Å². The molecule has 0 aliphatic rings. The Morgan fingerprint density at radius 3 is 2.14 bits per heavy atom. The highest BCUT2D eigenvalue weighted by atomic mass is 32.2. The first-order valence-corrected chi connectivity index (χ1v) is 5.52. The topological polar surface area (TPSA) is 92.7 Å². The molecule has 6 nitrogen and oxygen atoms in total. The lowest BCUT2D eigenvalue weighted by molar-refractivity contribution is -0.136. The van der Waals surface area contributed by atoms with Crippen molar-refractivity contribution in [2.24, 2.45) is 0 Å². The van der Waals surface area contributed by atoms with E-state index in [1.54, 1.807) is 25.7 Å². The molecule has 0 aromatic rings. The molecule has 2 N–H and O–H groups in total. The van der Waals surface area contributed by atoms with Gasteiger partial charge in [0.05, 0.1) is 5.60 Å². The second-order valence-electron chi connectivity index (χ2n) is 3.82. The standard InChI is InChI=1S/C7H15NO5S/c1-5(6(9)10)14(11,12)8-13-7(2,3)4/h5,8H,1-4H3,(H,9,10). The van der Waals surface area contributed by atoms with E-state index in [9.17, 15) is 13.2 Å². The summed E-state index contributed by atoms with van der Waals surface area (Å²) in [6, 6.07) is 0. The van der Waals surface area contributed by atoms with Gasteiger partial charge in [0.25, 0.3) is 0 Å². The van der Waals surface area contributed by atoms with E-state index in [2.05, 4.69) is 0 Å². The van der Waals surface area contributed by atoms with E-state index in [4.69, 9.17) is 9.94 Å². The van der Waals surface area contributed by atoms with Crippen molar-refractivity contribution in [1.29, 1.82) is 0 Å². The number of rotatable bonds is 4. The first-order valence-electron chi connectivity index (χ1n) is 3.98. The molecule has 0 amide bonds. The minimum atomic E-state index is -3.96. The van der Waals surface area contributed by atoms with Gasteiger partial charge in [0.15, 0.2) is 5.25 Å². The summed E-state index contributed by atoms with van der Waals surface area (Å²) in [5.41, 5.74) is -0.703. The van der Waals surface area contributed by atoms with Crippen LogP contribution < -0.4 is 4.89 Å². The van der Waals surface area contributed by atoms with Crippen LogP contribution in [0.4, 0.5) is 0 Å². The fourth-order valence-corrected chi connectivity index (χ4v) is 1.16. The Labute approximate surface area is 83.3 Å². The van der Waals surface area contributed by atoms with E-state index in [1.165, 1.54) is 0 Å². The lowest BCUT2D eigenvalue weighted by Crippen LogP contribution is -2.41. The van der Waals surface area contributed by atoms with Gasteiger partial charge in [-0.05, 0) is 27.7 Å². The quantitative estimate of drug-likeness (QED) is 0.662. The maximum Gasteiger partial charge on any atom is 0.323 e. The Bertz CT molecular complexity index is 303. The second kappa shape index (κ2) is 4.24. The molecule has 0 heterocycles. The van der Waals surface area contributed by atoms with Crippen molar-refractivity contribution in [3.8, 4) is 0 Å². The lowest BCUT2D eigenvalue weighted by atomic mass is 10.2. The number of nitrogens with one attached hydrogen (secondary N) is 1. The molecule has 0 aliphatic carbocycles. The molecule has 0 saturated carbocycles. The molecule has 0 aromatic heterocycles. The van der Waals surface area contributed by atoms with Crippen LogP contribution in [0.2, 0.25) is 0 Å². The number of carboxylic acids is 1. The fraction of sp³-hybridized carbons (Fsp3) is 0.857. The van der Waals surface area contributed by atoms with Gasteiger partial charge in [-0.15, -0.1) is 0 Å². The van der Waals surface area contributed by atoms with Crippen LogP contribution in [0.3, 0.4) is 0 Å². The summed E-state index contributed by atoms with van der Waals surface area (Å²) >= 11 is 0. The number of aliphatic carboxylic acids is 1. The highest BCUT2D eigenvalue weighted by Gasteiger charge is 2.29. The van der Waals surface area contributed by atoms with E-state index < -0.39 is 26.8 Å². The van der Waals surface area contributed by atoms with Crippen molar-refractivity contribution in [2.45, 2.75) is 38.5 Å². The Balaban J connectivity index is 4.45. The van der Waals surface area contributed by atoms with Crippen LogP contribution in [0.25, 0.3) is 0 Å². The summed E-state index contributed by atoms with van der Waals surface area (Å²) < 4.78 is 22.4. The van der Waals surface area contributed by atoms with E-state index in [0.717, 1.165) is 6.92 Å². The zero-order valence-corrected chi connectivity index (χ0v) is 9.38. The van der Waals surface area contributed by atoms with Gasteiger partial charge in [-0.3, -0.25) is 9.63 Å². The Kier molecular flexibility index (Phi) is 4.04. The predicted octanol–water partition coefficient (Wildman–Crippen LogP) is 0.109. The maximum absolute atomic E-state index is 11.2. The highest BCUT2D eigenvalue weighted by Crippen LogP contribution is 2.06. The zero-order valence-electron chi connectivity index (χ0n) is 8.57. The molecule has 0 aliphatic heterocycles. The van der Waals surface area contributed by atoms with E-state index in [1.807, 2.05) is 0 Å². The summed E-state index contributed by atoms with van der Waals surface area (Å²) in [5, 5.41) is 6.94. The van der Waals surface area contributed by atoms with Crippen molar-refractivity contribution in [3.05, 3.63) is 0 Å². The molecule has 0 radical (unpaired) electrons. The SMILES string of the molecule is CC(C(=O)O)S(=O)(=O)NOC(C)(C)C. The maximum atomic E-state index is 11.2. The van der Waals surface area contributed by atoms with Crippen LogP contribution >= 0.6 is 0 Å². The largest absolute Gasteiger partial charge is 0.480 e. The molecule has 14 heavy (non-hydrogen) atoms. The molecule has 0 spiro atoms. The van der Waals surface area contributed by atoms with Gasteiger partial charge in [-0.1, -0.05) is 4.89 Å². The number of carboxylic acid groups (broad SMARTS) is 1. The molecule has 7 heteroatoms. The number of sulfonamides is 1. The van der Waals surface area contributed by atoms with Gasteiger partial charge in [0, 0.05) is 0 Å². The normalized spacial score (nSPS) is 15.1. The van der Waals surface area contributed by atoms with E-state index >= 15 is 0 Å². The summed E-state index contributed by atoms with van der Waals surface area (Å²) in [4.78, 5) is 16.9.